The predicted octanol–water partition coefficient (Wildman–Crippen LogP) is 8.86. The van der Waals surface area contributed by atoms with Gasteiger partial charge in [-0.3, -0.25) is 0 Å². The van der Waals surface area contributed by atoms with Crippen LogP contribution < -0.4 is 0 Å². The summed E-state index contributed by atoms with van der Waals surface area (Å²) >= 11 is -2.22. The molecule has 178 valence electrons. The molecule has 3 aromatic carbocycles. The molecule has 0 fully saturated rings. The zero-order valence-electron chi connectivity index (χ0n) is 22.2. The molecule has 2 aliphatic carbocycles. The summed E-state index contributed by atoms with van der Waals surface area (Å²) in [4.78, 5) is 0. The molecule has 0 saturated heterocycles. The van der Waals surface area contributed by atoms with Crippen molar-refractivity contribution in [3.8, 4) is 11.1 Å². The van der Waals surface area contributed by atoms with E-state index < -0.39 is 21.3 Å². The molecule has 0 nitrogen and oxygen atoms in total. The van der Waals surface area contributed by atoms with Crippen LogP contribution in [0.15, 0.2) is 88.2 Å². The van der Waals surface area contributed by atoms with Gasteiger partial charge in [-0.05, 0) is 0 Å². The van der Waals surface area contributed by atoms with Crippen molar-refractivity contribution in [2.45, 2.75) is 68.8 Å². The topological polar surface area (TPSA) is 0 Å². The van der Waals surface area contributed by atoms with Crippen molar-refractivity contribution in [3.05, 3.63) is 116 Å². The maximum atomic E-state index is 2.79. The van der Waals surface area contributed by atoms with Gasteiger partial charge in [0.05, 0.1) is 0 Å². The van der Waals surface area contributed by atoms with Crippen LogP contribution >= 0.6 is 0 Å². The van der Waals surface area contributed by atoms with E-state index in [0.29, 0.717) is 3.63 Å². The molecule has 0 radical (unpaired) electrons. The fraction of sp³-hybridized carbons (Fsp3) is 0.324. The molecule has 0 bridgehead atoms. The fourth-order valence-electron chi connectivity index (χ4n) is 5.47. The first-order valence-electron chi connectivity index (χ1n) is 13.0. The van der Waals surface area contributed by atoms with Gasteiger partial charge in [-0.2, -0.15) is 0 Å². The molecule has 35 heavy (non-hydrogen) atoms. The molecule has 0 unspecified atom stereocenters. The van der Waals surface area contributed by atoms with Crippen LogP contribution in [-0.4, -0.2) is 3.71 Å². The number of hydrogen-bond acceptors (Lipinski definition) is 0. The third kappa shape index (κ3) is 4.95. The van der Waals surface area contributed by atoms with Gasteiger partial charge in [0.15, 0.2) is 0 Å². The van der Waals surface area contributed by atoms with Crippen LogP contribution in [0, 0.1) is 0 Å². The third-order valence-corrected chi connectivity index (χ3v) is 15.0. The van der Waals surface area contributed by atoms with Crippen LogP contribution in [-0.2, 0) is 38.5 Å². The van der Waals surface area contributed by atoms with Gasteiger partial charge in [0, 0.05) is 0 Å². The van der Waals surface area contributed by atoms with Gasteiger partial charge in [-0.1, -0.05) is 0 Å². The van der Waals surface area contributed by atoms with Crippen LogP contribution in [0.3, 0.4) is 0 Å². The zero-order chi connectivity index (χ0) is 24.8. The van der Waals surface area contributed by atoms with E-state index in [1.807, 2.05) is 0 Å². The number of fused-ring (bicyclic) bond motifs is 3. The molecule has 0 aromatic heterocycles. The van der Waals surface area contributed by atoms with Gasteiger partial charge >= 0.3 is 221 Å². The quantitative estimate of drug-likeness (QED) is 0.312. The van der Waals surface area contributed by atoms with E-state index in [9.17, 15) is 0 Å². The van der Waals surface area contributed by atoms with Gasteiger partial charge in [0.2, 0.25) is 0 Å². The Kier molecular flexibility index (Phi) is 6.60. The third-order valence-electron chi connectivity index (χ3n) is 7.60. The summed E-state index contributed by atoms with van der Waals surface area (Å²) in [5, 5.41) is 0. The van der Waals surface area contributed by atoms with E-state index in [1.165, 1.54) is 27.8 Å². The van der Waals surface area contributed by atoms with Crippen LogP contribution in [0.5, 0.6) is 0 Å². The summed E-state index contributed by atoms with van der Waals surface area (Å²) in [5.41, 5.74) is 10.8. The Morgan fingerprint density at radius 3 is 1.83 bits per heavy atom. The minimum absolute atomic E-state index is 0.149. The van der Waals surface area contributed by atoms with Crippen molar-refractivity contribution in [3.63, 3.8) is 0 Å². The first kappa shape index (κ1) is 24.6. The van der Waals surface area contributed by atoms with Gasteiger partial charge in [0.25, 0.3) is 0 Å². The van der Waals surface area contributed by atoms with Crippen LogP contribution in [0.4, 0.5) is 0 Å². The van der Waals surface area contributed by atoms with Crippen molar-refractivity contribution in [2.24, 2.45) is 0 Å². The maximum absolute atomic E-state index is 2.79. The standard InChI is InChI=1S/C21H25.C8H8.C5H5.Zr/c1-20(2,3)16-7-9-18-14(12-16)11-15-13-17(21(4,5)6)8-10-19(15)18;1-2-8-6-4-3-5-7-8;1-2-4-5-3-1;/h7-13H,1-6H3;1,3-7H,2H2;1-3H,4H2;. The van der Waals surface area contributed by atoms with E-state index in [2.05, 4.69) is 130 Å². The van der Waals surface area contributed by atoms with Crippen molar-refractivity contribution in [2.75, 3.05) is 0 Å². The average molecular weight is 538 g/mol. The Balaban J connectivity index is 1.72. The molecule has 0 N–H and O–H groups in total. The molecule has 0 aliphatic heterocycles. The number of benzene rings is 3. The summed E-state index contributed by atoms with van der Waals surface area (Å²) in [6.07, 6.45) is 9.32. The molecular formula is C34H38Zr. The number of rotatable bonds is 4. The van der Waals surface area contributed by atoms with E-state index >= 15 is 0 Å². The Bertz CT molecular complexity index is 1270. The van der Waals surface area contributed by atoms with Crippen LogP contribution in [0.1, 0.15) is 79.4 Å². The molecule has 3 aromatic rings. The van der Waals surface area contributed by atoms with Crippen molar-refractivity contribution < 1.29 is 21.3 Å². The Morgan fingerprint density at radius 2 is 1.34 bits per heavy atom. The molecule has 2 aliphatic rings. The van der Waals surface area contributed by atoms with Crippen LogP contribution in [0.2, 0.25) is 0 Å². The predicted molar refractivity (Wildman–Crippen MR) is 149 cm³/mol. The molecule has 1 heteroatoms. The van der Waals surface area contributed by atoms with Gasteiger partial charge < -0.3 is 0 Å². The second-order valence-electron chi connectivity index (χ2n) is 12.2. The van der Waals surface area contributed by atoms with Gasteiger partial charge in [-0.15, -0.1) is 0 Å². The second kappa shape index (κ2) is 9.40. The minimum atomic E-state index is -2.22. The van der Waals surface area contributed by atoms with Crippen molar-refractivity contribution in [1.29, 1.82) is 0 Å². The molecule has 0 heterocycles. The second-order valence-corrected chi connectivity index (χ2v) is 18.5. The summed E-state index contributed by atoms with van der Waals surface area (Å²) in [5.74, 6) is 0. The first-order valence-corrected chi connectivity index (χ1v) is 17.1. The monoisotopic (exact) mass is 536 g/mol. The van der Waals surface area contributed by atoms with E-state index in [-0.39, 0.29) is 10.8 Å². The van der Waals surface area contributed by atoms with E-state index in [1.54, 1.807) is 14.4 Å². The normalized spacial score (nSPS) is 15.8. The van der Waals surface area contributed by atoms with Crippen LogP contribution in [0.25, 0.3) is 11.1 Å². The Morgan fingerprint density at radius 1 is 0.771 bits per heavy atom. The molecule has 0 amide bonds. The fourth-order valence-corrected chi connectivity index (χ4v) is 13.1. The molecule has 0 atom stereocenters. The Hall–Kier alpha value is -2.11. The van der Waals surface area contributed by atoms with E-state index in [0.717, 1.165) is 12.8 Å². The van der Waals surface area contributed by atoms with Gasteiger partial charge in [0.1, 0.15) is 0 Å². The SMILES string of the molecule is CC(C)(C)c1ccc2c(c1)[CH]([Zr](=[CH]Cc1ccccc1)[C]1=CC=CC1)c1cc(C(C)(C)C)ccc1-2. The zero-order valence-corrected chi connectivity index (χ0v) is 24.6. The molecule has 0 saturated carbocycles. The first-order chi connectivity index (χ1) is 16.6. The summed E-state index contributed by atoms with van der Waals surface area (Å²) < 4.78 is 5.06. The number of hydrogen-bond donors (Lipinski definition) is 0. The van der Waals surface area contributed by atoms with Gasteiger partial charge in [-0.25, -0.2) is 0 Å². The van der Waals surface area contributed by atoms with Crippen molar-refractivity contribution >= 4 is 3.71 Å². The molecule has 0 spiro atoms. The summed E-state index contributed by atoms with van der Waals surface area (Å²) in [6.45, 7) is 14.0. The molecular weight excluding hydrogens is 500 g/mol. The summed E-state index contributed by atoms with van der Waals surface area (Å²) in [6, 6.07) is 25.8. The average Bonchev–Trinajstić information content (AvgIpc) is 3.45. The molecule has 5 rings (SSSR count). The van der Waals surface area contributed by atoms with E-state index in [4.69, 9.17) is 0 Å². The Labute approximate surface area is 220 Å². The number of allylic oxidation sites excluding steroid dienone is 4. The van der Waals surface area contributed by atoms with Crippen molar-refractivity contribution in [1.82, 2.24) is 0 Å². The summed E-state index contributed by atoms with van der Waals surface area (Å²) in [7, 11) is 0.